The molecule has 0 unspecified atom stereocenters. The number of halogens is 1. The third kappa shape index (κ3) is 3.17. The molecule has 3 amide bonds. The number of fused-ring (bicyclic) bond motifs is 1. The molecule has 2 N–H and O–H groups in total. The van der Waals surface area contributed by atoms with Gasteiger partial charge in [0.05, 0.1) is 17.4 Å². The van der Waals surface area contributed by atoms with Gasteiger partial charge in [0.2, 0.25) is 5.91 Å². The average molecular weight is 408 g/mol. The van der Waals surface area contributed by atoms with Gasteiger partial charge in [-0.2, -0.15) is 0 Å². The summed E-state index contributed by atoms with van der Waals surface area (Å²) in [6.45, 7) is 1.89. The van der Waals surface area contributed by atoms with E-state index in [-0.39, 0.29) is 30.1 Å². The molecule has 3 aliphatic rings. The molecule has 1 saturated carbocycles. The summed E-state index contributed by atoms with van der Waals surface area (Å²) in [5.41, 5.74) is 2.79. The first kappa shape index (κ1) is 19.2. The molecule has 1 aromatic carbocycles. The summed E-state index contributed by atoms with van der Waals surface area (Å²) in [5.74, 6) is -0.581. The minimum Gasteiger partial charge on any atom is -0.312 e. The molecule has 7 heteroatoms. The molecular formula is C23H25FN4O2. The largest absolute Gasteiger partial charge is 0.328 e. The van der Waals surface area contributed by atoms with E-state index in [1.807, 2.05) is 12.1 Å². The summed E-state index contributed by atoms with van der Waals surface area (Å²) in [6.07, 6.45) is 9.64. The van der Waals surface area contributed by atoms with Crippen LogP contribution in [0.3, 0.4) is 0 Å². The number of hydrogen-bond acceptors (Lipinski definition) is 4. The molecule has 3 heterocycles. The lowest BCUT2D eigenvalue weighted by atomic mass is 9.66. The van der Waals surface area contributed by atoms with Crippen LogP contribution in [0.15, 0.2) is 30.5 Å². The average Bonchev–Trinajstić information content (AvgIpc) is 2.75. The Hall–Kier alpha value is -2.80. The number of nitrogens with zero attached hydrogens (tertiary/aromatic N) is 2. The highest BCUT2D eigenvalue weighted by atomic mass is 19.1. The second-order valence-corrected chi connectivity index (χ2v) is 8.53. The molecule has 2 fully saturated rings. The summed E-state index contributed by atoms with van der Waals surface area (Å²) in [6, 6.07) is 4.89. The lowest BCUT2D eigenvalue weighted by Crippen LogP contribution is -2.49. The zero-order chi connectivity index (χ0) is 20.7. The van der Waals surface area contributed by atoms with Crippen molar-refractivity contribution in [1.29, 1.82) is 0 Å². The zero-order valence-electron chi connectivity index (χ0n) is 16.8. The molecule has 1 aromatic heterocycles. The number of aromatic nitrogens is 1. The Bertz CT molecular complexity index is 1060. The van der Waals surface area contributed by atoms with E-state index >= 15 is 4.39 Å². The zero-order valence-corrected chi connectivity index (χ0v) is 16.8. The summed E-state index contributed by atoms with van der Waals surface area (Å²) in [7, 11) is 0. The normalized spacial score (nSPS) is 21.6. The van der Waals surface area contributed by atoms with Crippen molar-refractivity contribution in [3.63, 3.8) is 0 Å². The van der Waals surface area contributed by atoms with Crippen LogP contribution in [0.5, 0.6) is 0 Å². The van der Waals surface area contributed by atoms with Gasteiger partial charge in [-0.15, -0.1) is 0 Å². The van der Waals surface area contributed by atoms with Gasteiger partial charge in [0, 0.05) is 42.4 Å². The molecule has 30 heavy (non-hydrogen) atoms. The maximum Gasteiger partial charge on any atom is 0.328 e. The SMILES string of the molecule is O=C1CCN(c2cnc3ccc(C4=CCNCC45CCCCC5)c(F)c3c2)C(=O)N1. The van der Waals surface area contributed by atoms with E-state index in [9.17, 15) is 9.59 Å². The highest BCUT2D eigenvalue weighted by Crippen LogP contribution is 2.48. The van der Waals surface area contributed by atoms with Crippen molar-refractivity contribution in [2.45, 2.75) is 38.5 Å². The quantitative estimate of drug-likeness (QED) is 0.794. The predicted molar refractivity (Wildman–Crippen MR) is 114 cm³/mol. The fourth-order valence-corrected chi connectivity index (χ4v) is 5.19. The minimum absolute atomic E-state index is 0.0107. The maximum atomic E-state index is 15.8. The summed E-state index contributed by atoms with van der Waals surface area (Å²) in [4.78, 5) is 29.5. The molecule has 0 bridgehead atoms. The number of imide groups is 1. The Morgan fingerprint density at radius 3 is 2.77 bits per heavy atom. The first-order chi connectivity index (χ1) is 14.6. The van der Waals surface area contributed by atoms with Crippen molar-refractivity contribution in [2.75, 3.05) is 24.5 Å². The highest BCUT2D eigenvalue weighted by Gasteiger charge is 2.38. The van der Waals surface area contributed by atoms with E-state index in [0.29, 0.717) is 22.2 Å². The van der Waals surface area contributed by atoms with E-state index in [0.717, 1.165) is 31.5 Å². The van der Waals surface area contributed by atoms with Crippen LogP contribution in [0, 0.1) is 11.2 Å². The number of benzene rings is 1. The smallest absolute Gasteiger partial charge is 0.312 e. The number of nitrogens with one attached hydrogen (secondary N) is 2. The molecule has 2 aromatic rings. The first-order valence-corrected chi connectivity index (χ1v) is 10.7. The molecule has 6 nitrogen and oxygen atoms in total. The number of carbonyl (C=O) groups is 2. The number of amides is 3. The summed E-state index contributed by atoms with van der Waals surface area (Å²) in [5, 5.41) is 6.18. The van der Waals surface area contributed by atoms with Crippen LogP contribution in [0.1, 0.15) is 44.1 Å². The van der Waals surface area contributed by atoms with E-state index < -0.39 is 6.03 Å². The number of rotatable bonds is 2. The molecule has 0 radical (unpaired) electrons. The van der Waals surface area contributed by atoms with Crippen LogP contribution in [0.2, 0.25) is 0 Å². The first-order valence-electron chi connectivity index (χ1n) is 10.7. The molecule has 5 rings (SSSR count). The van der Waals surface area contributed by atoms with Gasteiger partial charge in [0.25, 0.3) is 0 Å². The molecule has 1 spiro atoms. The monoisotopic (exact) mass is 408 g/mol. The van der Waals surface area contributed by atoms with E-state index in [4.69, 9.17) is 0 Å². The number of anilines is 1. The van der Waals surface area contributed by atoms with E-state index in [1.165, 1.54) is 24.2 Å². The molecule has 1 saturated heterocycles. The lowest BCUT2D eigenvalue weighted by molar-refractivity contribution is -0.120. The molecular weight excluding hydrogens is 383 g/mol. The number of urea groups is 1. The lowest BCUT2D eigenvalue weighted by Gasteiger charge is -2.42. The summed E-state index contributed by atoms with van der Waals surface area (Å²) < 4.78 is 15.8. The molecule has 2 aliphatic heterocycles. The molecule has 156 valence electrons. The van der Waals surface area contributed by atoms with Gasteiger partial charge >= 0.3 is 6.03 Å². The van der Waals surface area contributed by atoms with Gasteiger partial charge in [0.1, 0.15) is 5.82 Å². The Morgan fingerprint density at radius 1 is 1.13 bits per heavy atom. The molecule has 1 aliphatic carbocycles. The fourth-order valence-electron chi connectivity index (χ4n) is 5.19. The highest BCUT2D eigenvalue weighted by molar-refractivity contribution is 6.06. The van der Waals surface area contributed by atoms with Gasteiger partial charge in [0.15, 0.2) is 0 Å². The third-order valence-electron chi connectivity index (χ3n) is 6.74. The summed E-state index contributed by atoms with van der Waals surface area (Å²) >= 11 is 0. The van der Waals surface area contributed by atoms with Crippen molar-refractivity contribution in [3.05, 3.63) is 41.9 Å². The number of pyridine rings is 1. The van der Waals surface area contributed by atoms with Crippen LogP contribution in [-0.2, 0) is 4.79 Å². The van der Waals surface area contributed by atoms with Crippen LogP contribution < -0.4 is 15.5 Å². The van der Waals surface area contributed by atoms with Crippen molar-refractivity contribution in [2.24, 2.45) is 5.41 Å². The number of hydrogen-bond donors (Lipinski definition) is 2. The second-order valence-electron chi connectivity index (χ2n) is 8.53. The third-order valence-corrected chi connectivity index (χ3v) is 6.74. The predicted octanol–water partition coefficient (Wildman–Crippen LogP) is 3.76. The van der Waals surface area contributed by atoms with Crippen LogP contribution >= 0.6 is 0 Å². The van der Waals surface area contributed by atoms with Gasteiger partial charge in [-0.05, 0) is 36.6 Å². The van der Waals surface area contributed by atoms with Gasteiger partial charge < -0.3 is 5.32 Å². The van der Waals surface area contributed by atoms with E-state index in [1.54, 1.807) is 12.3 Å². The van der Waals surface area contributed by atoms with Crippen molar-refractivity contribution >= 4 is 34.1 Å². The van der Waals surface area contributed by atoms with Crippen molar-refractivity contribution < 1.29 is 14.0 Å². The second kappa shape index (κ2) is 7.47. The van der Waals surface area contributed by atoms with Gasteiger partial charge in [-0.1, -0.05) is 25.3 Å². The maximum absolute atomic E-state index is 15.8. The number of carbonyl (C=O) groups excluding carboxylic acids is 2. The van der Waals surface area contributed by atoms with Crippen molar-refractivity contribution in [3.8, 4) is 0 Å². The Balaban J connectivity index is 1.57. The standard InChI is InChI=1S/C23H25FN4O2/c24-21-16(18-6-10-25-14-23(18)8-2-1-3-9-23)4-5-19-17(21)12-15(13-26-19)28-11-7-20(29)27-22(28)30/h4-6,12-13,25H,1-3,7-11,14H2,(H,27,29,30). The Morgan fingerprint density at radius 2 is 1.97 bits per heavy atom. The van der Waals surface area contributed by atoms with Crippen LogP contribution in [0.25, 0.3) is 16.5 Å². The Kier molecular flexibility index (Phi) is 4.77. The fraction of sp³-hybridized carbons (Fsp3) is 0.435. The van der Waals surface area contributed by atoms with Crippen molar-refractivity contribution in [1.82, 2.24) is 15.6 Å². The van der Waals surface area contributed by atoms with Gasteiger partial charge in [-0.25, -0.2) is 9.18 Å². The topological polar surface area (TPSA) is 74.3 Å². The van der Waals surface area contributed by atoms with Gasteiger partial charge in [-0.3, -0.25) is 20.0 Å². The minimum atomic E-state index is -0.494. The molecule has 0 atom stereocenters. The van der Waals surface area contributed by atoms with E-state index in [2.05, 4.69) is 21.7 Å². The van der Waals surface area contributed by atoms with Crippen LogP contribution in [-0.4, -0.2) is 36.6 Å². The van der Waals surface area contributed by atoms with Crippen LogP contribution in [0.4, 0.5) is 14.9 Å². The Labute approximate surface area is 174 Å².